The van der Waals surface area contributed by atoms with Crippen molar-refractivity contribution < 1.29 is 4.74 Å². The number of pyridine rings is 1. The minimum Gasteiger partial charge on any atom is -0.376 e. The van der Waals surface area contributed by atoms with Gasteiger partial charge in [-0.05, 0) is 32.9 Å². The Hall–Kier alpha value is -1.86. The molecule has 1 unspecified atom stereocenters. The molecule has 0 bridgehead atoms. The summed E-state index contributed by atoms with van der Waals surface area (Å²) >= 11 is 0. The first-order valence-electron chi connectivity index (χ1n) is 9.77. The Kier molecular flexibility index (Phi) is 7.08. The fraction of sp³-hybridized carbons (Fsp3) is 0.684. The average molecular weight is 361 g/mol. The molecule has 7 heteroatoms. The van der Waals surface area contributed by atoms with Crippen molar-refractivity contribution in [1.82, 2.24) is 20.5 Å². The highest BCUT2D eigenvalue weighted by atomic mass is 16.5. The lowest BCUT2D eigenvalue weighted by molar-refractivity contribution is 0.114. The van der Waals surface area contributed by atoms with Gasteiger partial charge in [-0.1, -0.05) is 6.07 Å². The summed E-state index contributed by atoms with van der Waals surface area (Å²) in [4.78, 5) is 14.1. The summed E-state index contributed by atoms with van der Waals surface area (Å²) in [5, 5.41) is 6.74. The molecule has 3 heterocycles. The van der Waals surface area contributed by atoms with E-state index in [-0.39, 0.29) is 0 Å². The first-order valence-corrected chi connectivity index (χ1v) is 9.77. The van der Waals surface area contributed by atoms with Crippen molar-refractivity contribution in [2.24, 2.45) is 4.99 Å². The SMILES string of the molecule is CCNC(=NCc1cccnc1N1CCN(C)CC1)NCC1CCCO1. The van der Waals surface area contributed by atoms with E-state index in [1.165, 1.54) is 5.56 Å². The lowest BCUT2D eigenvalue weighted by Gasteiger charge is -2.34. The Morgan fingerprint density at radius 1 is 1.31 bits per heavy atom. The summed E-state index contributed by atoms with van der Waals surface area (Å²) in [7, 11) is 2.17. The second-order valence-corrected chi connectivity index (χ2v) is 6.99. The summed E-state index contributed by atoms with van der Waals surface area (Å²) in [5.74, 6) is 1.91. The Morgan fingerprint density at radius 3 is 2.88 bits per heavy atom. The number of hydrogen-bond donors (Lipinski definition) is 2. The molecule has 7 nitrogen and oxygen atoms in total. The minimum absolute atomic E-state index is 0.304. The smallest absolute Gasteiger partial charge is 0.191 e. The number of anilines is 1. The van der Waals surface area contributed by atoms with E-state index >= 15 is 0 Å². The molecule has 2 aliphatic heterocycles. The van der Waals surface area contributed by atoms with Gasteiger partial charge in [-0.15, -0.1) is 0 Å². The van der Waals surface area contributed by atoms with Crippen LogP contribution in [0.15, 0.2) is 23.3 Å². The van der Waals surface area contributed by atoms with E-state index in [2.05, 4.69) is 45.5 Å². The van der Waals surface area contributed by atoms with Crippen LogP contribution in [0, 0.1) is 0 Å². The summed E-state index contributed by atoms with van der Waals surface area (Å²) in [6, 6.07) is 4.13. The predicted octanol–water partition coefficient (Wildman–Crippen LogP) is 1.07. The quantitative estimate of drug-likeness (QED) is 0.584. The minimum atomic E-state index is 0.304. The third-order valence-corrected chi connectivity index (χ3v) is 4.94. The topological polar surface area (TPSA) is 65.0 Å². The van der Waals surface area contributed by atoms with Crippen molar-refractivity contribution in [3.05, 3.63) is 23.9 Å². The van der Waals surface area contributed by atoms with Gasteiger partial charge in [0.05, 0.1) is 12.6 Å². The number of aliphatic imine (C=N–C) groups is 1. The summed E-state index contributed by atoms with van der Waals surface area (Å²) < 4.78 is 5.69. The van der Waals surface area contributed by atoms with Crippen LogP contribution in [0.4, 0.5) is 5.82 Å². The molecule has 2 fully saturated rings. The van der Waals surface area contributed by atoms with E-state index in [0.717, 1.165) is 70.5 Å². The third kappa shape index (κ3) is 5.32. The van der Waals surface area contributed by atoms with Crippen LogP contribution >= 0.6 is 0 Å². The van der Waals surface area contributed by atoms with E-state index in [4.69, 9.17) is 9.73 Å². The summed E-state index contributed by atoms with van der Waals surface area (Å²) in [6.45, 7) is 9.42. The van der Waals surface area contributed by atoms with Crippen LogP contribution in [-0.2, 0) is 11.3 Å². The highest BCUT2D eigenvalue weighted by Crippen LogP contribution is 2.19. The van der Waals surface area contributed by atoms with Gasteiger partial charge in [-0.25, -0.2) is 9.98 Å². The second kappa shape index (κ2) is 9.73. The number of nitrogens with one attached hydrogen (secondary N) is 2. The molecule has 0 radical (unpaired) electrons. The standard InChI is InChI=1S/C19H32N6O/c1-3-20-19(23-15-17-7-5-13-26-17)22-14-16-6-4-8-21-18(16)25-11-9-24(2)10-12-25/h4,6,8,17H,3,5,7,9-15H2,1-2H3,(H2,20,22,23). The van der Waals surface area contributed by atoms with E-state index < -0.39 is 0 Å². The van der Waals surface area contributed by atoms with E-state index in [9.17, 15) is 0 Å². The Labute approximate surface area is 156 Å². The zero-order chi connectivity index (χ0) is 18.2. The number of likely N-dealkylation sites (N-methyl/N-ethyl adjacent to an activating group) is 1. The first kappa shape index (κ1) is 18.9. The summed E-state index contributed by atoms with van der Waals surface area (Å²) in [6.07, 6.45) is 4.46. The monoisotopic (exact) mass is 360 g/mol. The number of piperazine rings is 1. The largest absolute Gasteiger partial charge is 0.376 e. The van der Waals surface area contributed by atoms with Gasteiger partial charge in [0.25, 0.3) is 0 Å². The molecule has 0 saturated carbocycles. The van der Waals surface area contributed by atoms with Crippen molar-refractivity contribution in [2.75, 3.05) is 57.8 Å². The molecule has 26 heavy (non-hydrogen) atoms. The number of aromatic nitrogens is 1. The second-order valence-electron chi connectivity index (χ2n) is 6.99. The molecule has 144 valence electrons. The zero-order valence-electron chi connectivity index (χ0n) is 16.1. The number of nitrogens with zero attached hydrogens (tertiary/aromatic N) is 4. The van der Waals surface area contributed by atoms with Crippen LogP contribution in [-0.4, -0.2) is 74.9 Å². The molecule has 1 aromatic rings. The van der Waals surface area contributed by atoms with Crippen LogP contribution in [0.25, 0.3) is 0 Å². The molecule has 2 N–H and O–H groups in total. The fourth-order valence-corrected chi connectivity index (χ4v) is 3.38. The molecule has 1 aromatic heterocycles. The van der Waals surface area contributed by atoms with Crippen LogP contribution in [0.1, 0.15) is 25.3 Å². The molecular formula is C19H32N6O. The lowest BCUT2D eigenvalue weighted by atomic mass is 10.2. The maximum Gasteiger partial charge on any atom is 0.191 e. The normalized spacial score (nSPS) is 21.8. The highest BCUT2D eigenvalue weighted by molar-refractivity contribution is 5.79. The first-order chi connectivity index (χ1) is 12.8. The average Bonchev–Trinajstić information content (AvgIpc) is 3.19. The molecule has 0 spiro atoms. The van der Waals surface area contributed by atoms with Gasteiger partial charge in [0.1, 0.15) is 5.82 Å². The number of ether oxygens (including phenoxy) is 1. The maximum absolute atomic E-state index is 5.69. The zero-order valence-corrected chi connectivity index (χ0v) is 16.1. The Morgan fingerprint density at radius 2 is 2.15 bits per heavy atom. The van der Waals surface area contributed by atoms with Gasteiger partial charge in [0.2, 0.25) is 0 Å². The molecule has 0 aromatic carbocycles. The van der Waals surface area contributed by atoms with Crippen LogP contribution in [0.5, 0.6) is 0 Å². The highest BCUT2D eigenvalue weighted by Gasteiger charge is 2.18. The number of guanidine groups is 1. The van der Waals surface area contributed by atoms with Crippen LogP contribution < -0.4 is 15.5 Å². The van der Waals surface area contributed by atoms with Crippen LogP contribution in [0.3, 0.4) is 0 Å². The van der Waals surface area contributed by atoms with Crippen molar-refractivity contribution in [1.29, 1.82) is 0 Å². The van der Waals surface area contributed by atoms with E-state index in [0.29, 0.717) is 12.6 Å². The van der Waals surface area contributed by atoms with Gasteiger partial charge in [-0.3, -0.25) is 0 Å². The number of rotatable bonds is 6. The molecule has 0 aliphatic carbocycles. The predicted molar refractivity (Wildman–Crippen MR) is 106 cm³/mol. The maximum atomic E-state index is 5.69. The van der Waals surface area contributed by atoms with Gasteiger partial charge in [-0.2, -0.15) is 0 Å². The van der Waals surface area contributed by atoms with Crippen molar-refractivity contribution >= 4 is 11.8 Å². The fourth-order valence-electron chi connectivity index (χ4n) is 3.38. The Balaban J connectivity index is 1.62. The molecule has 2 saturated heterocycles. The van der Waals surface area contributed by atoms with E-state index in [1.807, 2.05) is 12.3 Å². The molecular weight excluding hydrogens is 328 g/mol. The van der Waals surface area contributed by atoms with Crippen molar-refractivity contribution in [2.45, 2.75) is 32.4 Å². The molecule has 3 rings (SSSR count). The lowest BCUT2D eigenvalue weighted by Crippen LogP contribution is -2.45. The van der Waals surface area contributed by atoms with Gasteiger partial charge < -0.3 is 25.2 Å². The van der Waals surface area contributed by atoms with Crippen molar-refractivity contribution in [3.63, 3.8) is 0 Å². The summed E-state index contributed by atoms with van der Waals surface area (Å²) in [5.41, 5.74) is 1.17. The molecule has 2 aliphatic rings. The molecule has 1 atom stereocenters. The van der Waals surface area contributed by atoms with Gasteiger partial charge in [0.15, 0.2) is 5.96 Å². The Bertz CT molecular complexity index is 579. The molecule has 0 amide bonds. The van der Waals surface area contributed by atoms with Crippen LogP contribution in [0.2, 0.25) is 0 Å². The van der Waals surface area contributed by atoms with Gasteiger partial charge in [0, 0.05) is 57.6 Å². The third-order valence-electron chi connectivity index (χ3n) is 4.94. The number of hydrogen-bond acceptors (Lipinski definition) is 5. The van der Waals surface area contributed by atoms with E-state index in [1.54, 1.807) is 0 Å². The van der Waals surface area contributed by atoms with Crippen molar-refractivity contribution in [3.8, 4) is 0 Å². The van der Waals surface area contributed by atoms with Gasteiger partial charge >= 0.3 is 0 Å².